The fourth-order valence-corrected chi connectivity index (χ4v) is 11.3. The molecule has 1 N–H and O–H groups in total. The standard InChI is InChI=1S/C33H46ClN5O3Si/c1-20(2)43(21(3)4,22(5)6)17-16-27-29(34)26(25-15-13-14-24-19-35-39(12)30(24)25)18-28(36-27)37-31(40)23(7)38(11)32(41)42-33(8,9)10/h13-15,18-23H,1-12H3,(H,36,37,40)/t23-/m0/s1. The molecule has 0 radical (unpaired) electrons. The number of halogens is 1. The summed E-state index contributed by atoms with van der Waals surface area (Å²) < 4.78 is 7.25. The predicted molar refractivity (Wildman–Crippen MR) is 179 cm³/mol. The van der Waals surface area contributed by atoms with E-state index in [-0.39, 0.29) is 0 Å². The first-order valence-corrected chi connectivity index (χ1v) is 17.4. The lowest BCUT2D eigenvalue weighted by atomic mass is 10.0. The Morgan fingerprint density at radius 2 is 1.65 bits per heavy atom. The van der Waals surface area contributed by atoms with Crippen LogP contribution in [0, 0.1) is 11.5 Å². The van der Waals surface area contributed by atoms with Crippen LogP contribution in [-0.2, 0) is 16.6 Å². The summed E-state index contributed by atoms with van der Waals surface area (Å²) in [5.41, 5.74) is 7.14. The number of fused-ring (bicyclic) bond motifs is 1. The summed E-state index contributed by atoms with van der Waals surface area (Å²) in [4.78, 5) is 32.0. The van der Waals surface area contributed by atoms with Gasteiger partial charge in [-0.3, -0.25) is 14.4 Å². The first-order chi connectivity index (χ1) is 19.9. The number of rotatable bonds is 7. The molecule has 0 saturated carbocycles. The Bertz CT molecular complexity index is 1540. The van der Waals surface area contributed by atoms with Crippen LogP contribution >= 0.6 is 11.6 Å². The van der Waals surface area contributed by atoms with Crippen LogP contribution in [0.2, 0.25) is 21.6 Å². The third-order valence-corrected chi connectivity index (χ3v) is 14.8. The Morgan fingerprint density at radius 1 is 1.05 bits per heavy atom. The fourth-order valence-electron chi connectivity index (χ4n) is 5.82. The molecule has 1 atom stereocenters. The molecule has 3 rings (SSSR count). The van der Waals surface area contributed by atoms with Gasteiger partial charge in [0.25, 0.3) is 0 Å². The lowest BCUT2D eigenvalue weighted by molar-refractivity contribution is -0.120. The number of hydrogen-bond acceptors (Lipinski definition) is 5. The molecule has 0 spiro atoms. The molecule has 2 amide bonds. The zero-order valence-electron chi connectivity index (χ0n) is 27.6. The number of aryl methyl sites for hydroxylation is 1. The Morgan fingerprint density at radius 3 is 2.21 bits per heavy atom. The number of carbonyl (C=O) groups excluding carboxylic acids is 2. The average Bonchev–Trinajstić information content (AvgIpc) is 3.28. The Balaban J connectivity index is 2.18. The van der Waals surface area contributed by atoms with Crippen LogP contribution < -0.4 is 5.32 Å². The second-order valence-corrected chi connectivity index (χ2v) is 19.1. The Hall–Kier alpha value is -3.35. The first kappa shape index (κ1) is 34.1. The minimum Gasteiger partial charge on any atom is -0.444 e. The van der Waals surface area contributed by atoms with E-state index >= 15 is 0 Å². The second kappa shape index (κ2) is 13.1. The number of anilines is 1. The van der Waals surface area contributed by atoms with Gasteiger partial charge in [-0.25, -0.2) is 9.78 Å². The SMILES string of the molecule is CC(C)[Si](C#Cc1nc(NC(=O)[C@H](C)N(C)C(=O)OC(C)(C)C)cc(-c2cccc3cnn(C)c23)c1Cl)(C(C)C)C(C)C. The first-order valence-electron chi connectivity index (χ1n) is 14.8. The predicted octanol–water partition coefficient (Wildman–Crippen LogP) is 8.05. The highest BCUT2D eigenvalue weighted by Gasteiger charge is 2.41. The van der Waals surface area contributed by atoms with Gasteiger partial charge in [-0.15, -0.1) is 5.54 Å². The van der Waals surface area contributed by atoms with Gasteiger partial charge in [0.15, 0.2) is 0 Å². The molecule has 2 aromatic heterocycles. The fraction of sp³-hybridized carbons (Fsp3) is 0.515. The molecular weight excluding hydrogens is 578 g/mol. The molecule has 8 nitrogen and oxygen atoms in total. The number of ether oxygens (including phenoxy) is 1. The van der Waals surface area contributed by atoms with Gasteiger partial charge < -0.3 is 10.1 Å². The quantitative estimate of drug-likeness (QED) is 0.212. The largest absolute Gasteiger partial charge is 0.444 e. The van der Waals surface area contributed by atoms with Crippen molar-refractivity contribution in [2.45, 2.75) is 97.5 Å². The number of pyridine rings is 1. The van der Waals surface area contributed by atoms with E-state index in [4.69, 9.17) is 21.3 Å². The number of hydrogen-bond donors (Lipinski definition) is 1. The van der Waals surface area contributed by atoms with Crippen molar-refractivity contribution in [3.8, 4) is 22.6 Å². The third kappa shape index (κ3) is 7.24. The van der Waals surface area contributed by atoms with E-state index in [9.17, 15) is 9.59 Å². The van der Waals surface area contributed by atoms with Crippen LogP contribution in [0.3, 0.4) is 0 Å². The van der Waals surface area contributed by atoms with E-state index in [2.05, 4.69) is 63.4 Å². The summed E-state index contributed by atoms with van der Waals surface area (Å²) in [5, 5.41) is 8.71. The molecule has 0 unspecified atom stereocenters. The van der Waals surface area contributed by atoms with Crippen molar-refractivity contribution in [1.29, 1.82) is 0 Å². The molecule has 0 aliphatic rings. The van der Waals surface area contributed by atoms with Gasteiger partial charge in [0.2, 0.25) is 5.91 Å². The molecule has 232 valence electrons. The van der Waals surface area contributed by atoms with E-state index in [1.807, 2.05) is 25.2 Å². The summed E-state index contributed by atoms with van der Waals surface area (Å²) >= 11 is 7.09. The minimum atomic E-state index is -2.11. The van der Waals surface area contributed by atoms with Gasteiger partial charge >= 0.3 is 6.09 Å². The molecule has 0 aliphatic heterocycles. The zero-order valence-corrected chi connectivity index (χ0v) is 29.3. The van der Waals surface area contributed by atoms with Gasteiger partial charge in [-0.2, -0.15) is 5.10 Å². The Labute approximate surface area is 262 Å². The highest BCUT2D eigenvalue weighted by atomic mass is 35.5. The van der Waals surface area contributed by atoms with Crippen LogP contribution in [0.15, 0.2) is 30.5 Å². The number of nitrogens with zero attached hydrogens (tertiary/aromatic N) is 4. The van der Waals surface area contributed by atoms with Crippen molar-refractivity contribution in [2.24, 2.45) is 7.05 Å². The molecule has 0 aliphatic carbocycles. The normalized spacial score (nSPS) is 12.8. The van der Waals surface area contributed by atoms with Gasteiger partial charge in [0.05, 0.1) is 16.7 Å². The average molecular weight is 624 g/mol. The summed E-state index contributed by atoms with van der Waals surface area (Å²) in [6.45, 7) is 20.5. The van der Waals surface area contributed by atoms with Crippen LogP contribution in [-0.4, -0.2) is 58.4 Å². The van der Waals surface area contributed by atoms with Crippen LogP contribution in [0.4, 0.5) is 10.6 Å². The van der Waals surface area contributed by atoms with Crippen molar-refractivity contribution in [3.63, 3.8) is 0 Å². The second-order valence-electron chi connectivity index (χ2n) is 13.1. The molecule has 2 heterocycles. The maximum Gasteiger partial charge on any atom is 0.410 e. The van der Waals surface area contributed by atoms with Crippen molar-refractivity contribution in [3.05, 3.63) is 41.2 Å². The summed E-state index contributed by atoms with van der Waals surface area (Å²) in [7, 11) is 1.31. The summed E-state index contributed by atoms with van der Waals surface area (Å²) in [6, 6.07) is 6.85. The topological polar surface area (TPSA) is 89.3 Å². The van der Waals surface area contributed by atoms with Crippen molar-refractivity contribution in [1.82, 2.24) is 19.7 Å². The number of likely N-dealkylation sites (N-methyl/N-ethyl adjacent to an activating group) is 1. The highest BCUT2D eigenvalue weighted by molar-refractivity contribution is 6.90. The van der Waals surface area contributed by atoms with Crippen molar-refractivity contribution in [2.75, 3.05) is 12.4 Å². The molecule has 0 bridgehead atoms. The summed E-state index contributed by atoms with van der Waals surface area (Å²) in [6.07, 6.45) is 1.21. The summed E-state index contributed by atoms with van der Waals surface area (Å²) in [5.74, 6) is 3.26. The molecular formula is C33H46ClN5O3Si. The maximum absolute atomic E-state index is 13.4. The highest BCUT2D eigenvalue weighted by Crippen LogP contribution is 2.41. The van der Waals surface area contributed by atoms with E-state index in [0.717, 1.165) is 16.5 Å². The van der Waals surface area contributed by atoms with E-state index < -0.39 is 31.7 Å². The molecule has 43 heavy (non-hydrogen) atoms. The Kier molecular flexibility index (Phi) is 10.4. The van der Waals surface area contributed by atoms with Gasteiger partial charge in [0.1, 0.15) is 31.2 Å². The number of benzene rings is 1. The van der Waals surface area contributed by atoms with Gasteiger partial charge in [-0.05, 0) is 50.4 Å². The molecule has 1 aromatic carbocycles. The molecule has 10 heteroatoms. The van der Waals surface area contributed by atoms with Crippen LogP contribution in [0.25, 0.3) is 22.0 Å². The van der Waals surface area contributed by atoms with Crippen molar-refractivity contribution < 1.29 is 14.3 Å². The smallest absolute Gasteiger partial charge is 0.410 e. The number of carbonyl (C=O) groups is 2. The monoisotopic (exact) mass is 623 g/mol. The number of nitrogens with one attached hydrogen (secondary N) is 1. The van der Waals surface area contributed by atoms with E-state index in [0.29, 0.717) is 38.7 Å². The third-order valence-electron chi connectivity index (χ3n) is 8.17. The maximum atomic E-state index is 13.4. The molecule has 0 saturated heterocycles. The van der Waals surface area contributed by atoms with Gasteiger partial charge in [0, 0.05) is 30.6 Å². The minimum absolute atomic E-state index is 0.295. The van der Waals surface area contributed by atoms with Crippen LogP contribution in [0.5, 0.6) is 0 Å². The number of amides is 2. The van der Waals surface area contributed by atoms with Gasteiger partial charge in [-0.1, -0.05) is 77.3 Å². The molecule has 0 fully saturated rings. The van der Waals surface area contributed by atoms with Crippen LogP contribution in [0.1, 0.15) is 74.9 Å². The molecule has 3 aromatic rings. The van der Waals surface area contributed by atoms with E-state index in [1.165, 1.54) is 11.9 Å². The lowest BCUT2D eigenvalue weighted by Crippen LogP contribution is -2.45. The number of aromatic nitrogens is 3. The zero-order chi connectivity index (χ0) is 32.4. The number of para-hydroxylation sites is 1. The van der Waals surface area contributed by atoms with E-state index in [1.54, 1.807) is 44.6 Å². The van der Waals surface area contributed by atoms with Crippen molar-refractivity contribution >= 4 is 48.4 Å². The lowest BCUT2D eigenvalue weighted by Gasteiger charge is -2.38.